The molecule has 0 unspecified atom stereocenters. The van der Waals surface area contributed by atoms with E-state index < -0.39 is 0 Å². The molecule has 1 saturated heterocycles. The van der Waals surface area contributed by atoms with Crippen molar-refractivity contribution in [2.75, 3.05) is 20.2 Å². The summed E-state index contributed by atoms with van der Waals surface area (Å²) < 4.78 is 7.04. The number of rotatable bonds is 5. The average molecular weight is 337 g/mol. The first-order valence-electron chi connectivity index (χ1n) is 8.67. The second-order valence-electron chi connectivity index (χ2n) is 6.56. The van der Waals surface area contributed by atoms with Gasteiger partial charge in [0.1, 0.15) is 5.75 Å². The first kappa shape index (κ1) is 15.7. The summed E-state index contributed by atoms with van der Waals surface area (Å²) in [6.07, 6.45) is 3.61. The van der Waals surface area contributed by atoms with Crippen molar-refractivity contribution in [1.82, 2.24) is 4.90 Å². The summed E-state index contributed by atoms with van der Waals surface area (Å²) in [5.74, 6) is 1.03. The summed E-state index contributed by atoms with van der Waals surface area (Å²) in [6, 6.07) is 15.4. The zero-order valence-electron chi connectivity index (χ0n) is 14.1. The van der Waals surface area contributed by atoms with Crippen LogP contribution in [-0.2, 0) is 13.0 Å². The summed E-state index contributed by atoms with van der Waals surface area (Å²) in [5, 5.41) is 3.66. The van der Waals surface area contributed by atoms with Crippen molar-refractivity contribution in [1.29, 1.82) is 0 Å². The lowest BCUT2D eigenvalue weighted by Gasteiger charge is -2.17. The van der Waals surface area contributed by atoms with E-state index in [-0.39, 0.29) is 0 Å². The molecular formula is C21H23NOS. The number of ether oxygens (including phenoxy) is 1. The van der Waals surface area contributed by atoms with E-state index in [4.69, 9.17) is 4.74 Å². The van der Waals surface area contributed by atoms with E-state index in [9.17, 15) is 0 Å². The van der Waals surface area contributed by atoms with Crippen LogP contribution in [-0.4, -0.2) is 25.1 Å². The Kier molecular flexibility index (Phi) is 4.54. The van der Waals surface area contributed by atoms with Crippen LogP contribution >= 0.6 is 11.3 Å². The second kappa shape index (κ2) is 6.96. The highest BCUT2D eigenvalue weighted by molar-refractivity contribution is 7.17. The monoisotopic (exact) mass is 337 g/mol. The molecule has 3 aromatic rings. The molecular weight excluding hydrogens is 314 g/mol. The first-order chi connectivity index (χ1) is 11.8. The Balaban J connectivity index is 1.57. The zero-order valence-corrected chi connectivity index (χ0v) is 14.9. The van der Waals surface area contributed by atoms with Gasteiger partial charge in [-0.2, -0.15) is 0 Å². The molecule has 0 atom stereocenters. The molecule has 2 nitrogen and oxygen atoms in total. The molecule has 0 radical (unpaired) electrons. The van der Waals surface area contributed by atoms with Gasteiger partial charge in [-0.1, -0.05) is 30.3 Å². The van der Waals surface area contributed by atoms with E-state index in [1.165, 1.54) is 52.7 Å². The van der Waals surface area contributed by atoms with Crippen molar-refractivity contribution < 1.29 is 4.74 Å². The Morgan fingerprint density at radius 1 is 1.04 bits per heavy atom. The van der Waals surface area contributed by atoms with E-state index in [0.717, 1.165) is 18.7 Å². The number of likely N-dealkylation sites (tertiary alicyclic amines) is 1. The Bertz CT molecular complexity index is 833. The van der Waals surface area contributed by atoms with Gasteiger partial charge in [-0.25, -0.2) is 0 Å². The van der Waals surface area contributed by atoms with Crippen molar-refractivity contribution in [2.45, 2.75) is 25.8 Å². The molecule has 0 aliphatic carbocycles. The quantitative estimate of drug-likeness (QED) is 0.642. The minimum atomic E-state index is 0.963. The van der Waals surface area contributed by atoms with Crippen LogP contribution in [0.5, 0.6) is 5.75 Å². The number of methoxy groups -OCH3 is 1. The van der Waals surface area contributed by atoms with Gasteiger partial charge in [0.2, 0.25) is 0 Å². The second-order valence-corrected chi connectivity index (χ2v) is 7.47. The van der Waals surface area contributed by atoms with Gasteiger partial charge < -0.3 is 4.74 Å². The molecule has 124 valence electrons. The number of nitrogens with zero attached hydrogens (tertiary/aromatic N) is 1. The summed E-state index contributed by atoms with van der Waals surface area (Å²) in [6.45, 7) is 3.43. The number of hydrogen-bond acceptors (Lipinski definition) is 3. The minimum absolute atomic E-state index is 0.963. The van der Waals surface area contributed by atoms with Gasteiger partial charge in [0.05, 0.1) is 7.11 Å². The fourth-order valence-electron chi connectivity index (χ4n) is 3.60. The molecule has 0 amide bonds. The highest BCUT2D eigenvalue weighted by Gasteiger charge is 2.15. The van der Waals surface area contributed by atoms with E-state index >= 15 is 0 Å². The summed E-state index contributed by atoms with van der Waals surface area (Å²) in [5.41, 5.74) is 4.03. The van der Waals surface area contributed by atoms with E-state index in [1.807, 2.05) is 11.3 Å². The van der Waals surface area contributed by atoms with Gasteiger partial charge in [-0.05, 0) is 66.4 Å². The van der Waals surface area contributed by atoms with Crippen molar-refractivity contribution in [2.24, 2.45) is 0 Å². The van der Waals surface area contributed by atoms with Crippen LogP contribution in [0.4, 0.5) is 0 Å². The van der Waals surface area contributed by atoms with Crippen LogP contribution in [0.1, 0.15) is 29.5 Å². The summed E-state index contributed by atoms with van der Waals surface area (Å²) >= 11 is 1.83. The molecule has 1 fully saturated rings. The van der Waals surface area contributed by atoms with Crippen LogP contribution < -0.4 is 4.74 Å². The van der Waals surface area contributed by atoms with Gasteiger partial charge in [-0.15, -0.1) is 11.3 Å². The Hall–Kier alpha value is -1.84. The number of benzene rings is 2. The lowest BCUT2D eigenvalue weighted by Crippen LogP contribution is -2.18. The standard InChI is InChI=1S/C21H23NOS/c1-23-20-13-16(8-9-17(20)14-22-10-4-5-11-22)12-18-15-24-21-7-3-2-6-19(18)21/h2-3,6-9,13,15H,4-5,10-12,14H2,1H3. The zero-order chi connectivity index (χ0) is 16.4. The predicted octanol–water partition coefficient (Wildman–Crippen LogP) is 5.10. The first-order valence-corrected chi connectivity index (χ1v) is 9.55. The molecule has 0 saturated carbocycles. The molecule has 1 aliphatic rings. The maximum absolute atomic E-state index is 5.68. The van der Waals surface area contributed by atoms with E-state index in [2.05, 4.69) is 52.7 Å². The van der Waals surface area contributed by atoms with Crippen molar-refractivity contribution in [3.8, 4) is 5.75 Å². The minimum Gasteiger partial charge on any atom is -0.496 e. The molecule has 3 heteroatoms. The Labute approximate surface area is 147 Å². The van der Waals surface area contributed by atoms with Crippen LogP contribution in [0.3, 0.4) is 0 Å². The SMILES string of the molecule is COc1cc(Cc2csc3ccccc23)ccc1CN1CCCC1. The third kappa shape index (κ3) is 3.19. The van der Waals surface area contributed by atoms with Gasteiger partial charge in [0.15, 0.2) is 0 Å². The van der Waals surface area contributed by atoms with Crippen LogP contribution in [0, 0.1) is 0 Å². The van der Waals surface area contributed by atoms with Crippen molar-refractivity contribution in [3.63, 3.8) is 0 Å². The Morgan fingerprint density at radius 2 is 1.88 bits per heavy atom. The molecule has 1 aromatic heterocycles. The molecule has 0 bridgehead atoms. The molecule has 4 rings (SSSR count). The fraction of sp³-hybridized carbons (Fsp3) is 0.333. The van der Waals surface area contributed by atoms with Gasteiger partial charge in [0.25, 0.3) is 0 Å². The number of fused-ring (bicyclic) bond motifs is 1. The van der Waals surface area contributed by atoms with Gasteiger partial charge in [-0.3, -0.25) is 4.90 Å². The van der Waals surface area contributed by atoms with Crippen LogP contribution in [0.15, 0.2) is 47.8 Å². The fourth-order valence-corrected chi connectivity index (χ4v) is 4.56. The highest BCUT2D eigenvalue weighted by Crippen LogP contribution is 2.29. The van der Waals surface area contributed by atoms with Gasteiger partial charge >= 0.3 is 0 Å². The topological polar surface area (TPSA) is 12.5 Å². The predicted molar refractivity (Wildman–Crippen MR) is 102 cm³/mol. The normalized spacial score (nSPS) is 15.2. The molecule has 2 aromatic carbocycles. The lowest BCUT2D eigenvalue weighted by molar-refractivity contribution is 0.321. The third-order valence-electron chi connectivity index (χ3n) is 4.90. The van der Waals surface area contributed by atoms with Gasteiger partial charge in [0, 0.05) is 16.8 Å². The average Bonchev–Trinajstić information content (AvgIpc) is 3.26. The molecule has 0 spiro atoms. The lowest BCUT2D eigenvalue weighted by atomic mass is 10.0. The number of hydrogen-bond donors (Lipinski definition) is 0. The molecule has 2 heterocycles. The molecule has 0 N–H and O–H groups in total. The van der Waals surface area contributed by atoms with Crippen LogP contribution in [0.2, 0.25) is 0 Å². The largest absolute Gasteiger partial charge is 0.496 e. The van der Waals surface area contributed by atoms with Crippen molar-refractivity contribution >= 4 is 21.4 Å². The van der Waals surface area contributed by atoms with Crippen molar-refractivity contribution in [3.05, 3.63) is 64.5 Å². The molecule has 24 heavy (non-hydrogen) atoms. The highest BCUT2D eigenvalue weighted by atomic mass is 32.1. The summed E-state index contributed by atoms with van der Waals surface area (Å²) in [7, 11) is 1.78. The summed E-state index contributed by atoms with van der Waals surface area (Å²) in [4.78, 5) is 2.52. The van der Waals surface area contributed by atoms with Crippen LogP contribution in [0.25, 0.3) is 10.1 Å². The van der Waals surface area contributed by atoms with E-state index in [1.54, 1.807) is 7.11 Å². The maximum Gasteiger partial charge on any atom is 0.123 e. The van der Waals surface area contributed by atoms with E-state index in [0.29, 0.717) is 0 Å². The number of thiophene rings is 1. The smallest absolute Gasteiger partial charge is 0.123 e. The Morgan fingerprint density at radius 3 is 2.71 bits per heavy atom. The molecule has 1 aliphatic heterocycles. The maximum atomic E-state index is 5.68. The third-order valence-corrected chi connectivity index (χ3v) is 5.91.